The van der Waals surface area contributed by atoms with Crippen molar-refractivity contribution in [2.75, 3.05) is 0 Å². The minimum Gasteiger partial charge on any atom is -0.456 e. The number of hydrogen-bond donors (Lipinski definition) is 1. The molecule has 4 atom stereocenters. The van der Waals surface area contributed by atoms with Gasteiger partial charge in [0.2, 0.25) is 0 Å². The molecule has 2 fully saturated rings. The summed E-state index contributed by atoms with van der Waals surface area (Å²) >= 11 is 0. The second-order valence-corrected chi connectivity index (χ2v) is 6.91. The fourth-order valence-corrected chi connectivity index (χ4v) is 4.27. The van der Waals surface area contributed by atoms with Crippen molar-refractivity contribution in [3.8, 4) is 0 Å². The minimum atomic E-state index is -5.83. The lowest BCUT2D eigenvalue weighted by Crippen LogP contribution is -2.58. The zero-order valence-electron chi connectivity index (χ0n) is 12.9. The van der Waals surface area contributed by atoms with E-state index in [4.69, 9.17) is 4.74 Å². The molecule has 9 heteroatoms. The van der Waals surface area contributed by atoms with Crippen molar-refractivity contribution < 1.29 is 41.0 Å². The fraction of sp³-hybridized carbons (Fsp3) is 0.800. The molecule has 2 aliphatic rings. The quantitative estimate of drug-likeness (QED) is 0.472. The number of aliphatic hydroxyl groups is 1. The van der Waals surface area contributed by atoms with Crippen LogP contribution in [0.1, 0.15) is 32.6 Å². The smallest absolute Gasteiger partial charge is 0.426 e. The summed E-state index contributed by atoms with van der Waals surface area (Å²) in [5.41, 5.74) is -5.91. The van der Waals surface area contributed by atoms with Crippen LogP contribution in [0.5, 0.6) is 0 Å². The SMILES string of the molecule is C=CC(=O)OC1(C)CC2CC(CC(O)(C(F)(F)F)C(F)(F)F)C1C2. The van der Waals surface area contributed by atoms with Gasteiger partial charge in [-0.3, -0.25) is 0 Å². The summed E-state index contributed by atoms with van der Waals surface area (Å²) in [5, 5.41) is 9.40. The molecule has 2 saturated carbocycles. The van der Waals surface area contributed by atoms with Crippen molar-refractivity contribution in [2.24, 2.45) is 17.8 Å². The number of rotatable bonds is 4. The molecule has 0 aromatic heterocycles. The van der Waals surface area contributed by atoms with Crippen LogP contribution in [0, 0.1) is 17.8 Å². The number of esters is 1. The highest BCUT2D eigenvalue weighted by Crippen LogP contribution is 2.59. The van der Waals surface area contributed by atoms with Crippen LogP contribution in [0.4, 0.5) is 26.3 Å². The van der Waals surface area contributed by atoms with Crippen molar-refractivity contribution >= 4 is 5.97 Å². The molecule has 0 spiro atoms. The highest BCUT2D eigenvalue weighted by molar-refractivity contribution is 5.81. The molecule has 2 rings (SSSR count). The lowest BCUT2D eigenvalue weighted by molar-refractivity contribution is -0.374. The number of carbonyl (C=O) groups excluding carboxylic acids is 1. The Labute approximate surface area is 134 Å². The van der Waals surface area contributed by atoms with Crippen molar-refractivity contribution in [1.82, 2.24) is 0 Å². The Morgan fingerprint density at radius 2 is 1.79 bits per heavy atom. The van der Waals surface area contributed by atoms with E-state index in [1.165, 1.54) is 6.92 Å². The Hall–Kier alpha value is -1.25. The summed E-state index contributed by atoms with van der Waals surface area (Å²) in [6, 6.07) is 0. The van der Waals surface area contributed by atoms with Crippen molar-refractivity contribution in [3.63, 3.8) is 0 Å². The fourth-order valence-electron chi connectivity index (χ4n) is 4.27. The third-order valence-electron chi connectivity index (χ3n) is 5.27. The molecule has 0 saturated heterocycles. The van der Waals surface area contributed by atoms with E-state index in [1.807, 2.05) is 0 Å². The molecule has 4 unspecified atom stereocenters. The van der Waals surface area contributed by atoms with E-state index in [2.05, 4.69) is 6.58 Å². The van der Waals surface area contributed by atoms with E-state index in [0.717, 1.165) is 6.08 Å². The van der Waals surface area contributed by atoms with Crippen LogP contribution in [0.3, 0.4) is 0 Å². The normalized spacial score (nSPS) is 33.6. The van der Waals surface area contributed by atoms with Crippen molar-refractivity contribution in [1.29, 1.82) is 0 Å². The van der Waals surface area contributed by atoms with Gasteiger partial charge in [0, 0.05) is 12.0 Å². The van der Waals surface area contributed by atoms with Gasteiger partial charge in [-0.05, 0) is 44.4 Å². The number of ether oxygens (including phenoxy) is 1. The van der Waals surface area contributed by atoms with Gasteiger partial charge in [-0.1, -0.05) is 6.58 Å². The summed E-state index contributed by atoms with van der Waals surface area (Å²) in [5.74, 6) is -2.61. The van der Waals surface area contributed by atoms with Gasteiger partial charge in [0.15, 0.2) is 0 Å². The zero-order valence-corrected chi connectivity index (χ0v) is 12.9. The topological polar surface area (TPSA) is 46.5 Å². The maximum absolute atomic E-state index is 12.9. The molecule has 0 amide bonds. The van der Waals surface area contributed by atoms with E-state index in [9.17, 15) is 36.2 Å². The maximum atomic E-state index is 12.9. The maximum Gasteiger partial charge on any atom is 0.426 e. The van der Waals surface area contributed by atoms with E-state index in [-0.39, 0.29) is 12.3 Å². The third kappa shape index (κ3) is 3.02. The van der Waals surface area contributed by atoms with Crippen LogP contribution in [0.2, 0.25) is 0 Å². The zero-order chi connectivity index (χ0) is 18.6. The molecule has 24 heavy (non-hydrogen) atoms. The number of halogens is 6. The van der Waals surface area contributed by atoms with E-state index < -0.39 is 47.8 Å². The van der Waals surface area contributed by atoms with Gasteiger partial charge in [-0.2, -0.15) is 26.3 Å². The largest absolute Gasteiger partial charge is 0.456 e. The van der Waals surface area contributed by atoms with Gasteiger partial charge in [0.05, 0.1) is 0 Å². The van der Waals surface area contributed by atoms with Gasteiger partial charge in [0.25, 0.3) is 5.60 Å². The first kappa shape index (κ1) is 19.1. The number of carbonyl (C=O) groups is 1. The van der Waals surface area contributed by atoms with Gasteiger partial charge in [-0.15, -0.1) is 0 Å². The minimum absolute atomic E-state index is 0.131. The molecule has 0 aromatic rings. The summed E-state index contributed by atoms with van der Waals surface area (Å²) < 4.78 is 82.5. The molecule has 3 nitrogen and oxygen atoms in total. The first-order valence-corrected chi connectivity index (χ1v) is 7.45. The van der Waals surface area contributed by atoms with Gasteiger partial charge in [-0.25, -0.2) is 4.79 Å². The monoisotopic (exact) mass is 360 g/mol. The van der Waals surface area contributed by atoms with Gasteiger partial charge in [0.1, 0.15) is 5.60 Å². The first-order chi connectivity index (χ1) is 10.7. The summed E-state index contributed by atoms with van der Waals surface area (Å²) in [7, 11) is 0. The second kappa shape index (κ2) is 5.64. The Kier molecular flexibility index (Phi) is 4.48. The average Bonchev–Trinajstić information content (AvgIpc) is 2.92. The number of hydrogen-bond acceptors (Lipinski definition) is 3. The van der Waals surface area contributed by atoms with Gasteiger partial charge < -0.3 is 9.84 Å². The van der Waals surface area contributed by atoms with Crippen LogP contribution < -0.4 is 0 Å². The molecule has 0 aromatic carbocycles. The lowest BCUT2D eigenvalue weighted by Gasteiger charge is -2.41. The number of fused-ring (bicyclic) bond motifs is 2. The number of alkyl halides is 6. The van der Waals surface area contributed by atoms with Crippen LogP contribution in [0.15, 0.2) is 12.7 Å². The Balaban J connectivity index is 2.24. The van der Waals surface area contributed by atoms with Crippen molar-refractivity contribution in [2.45, 2.75) is 56.2 Å². The molecular formula is C15H18F6O3. The summed E-state index contributed by atoms with van der Waals surface area (Å²) in [6.45, 7) is 4.73. The van der Waals surface area contributed by atoms with Crippen molar-refractivity contribution in [3.05, 3.63) is 12.7 Å². The van der Waals surface area contributed by atoms with Crippen LogP contribution in [-0.2, 0) is 9.53 Å². The summed E-state index contributed by atoms with van der Waals surface area (Å²) in [4.78, 5) is 11.4. The third-order valence-corrected chi connectivity index (χ3v) is 5.27. The predicted molar refractivity (Wildman–Crippen MR) is 70.7 cm³/mol. The van der Waals surface area contributed by atoms with E-state index >= 15 is 0 Å². The van der Waals surface area contributed by atoms with Crippen LogP contribution >= 0.6 is 0 Å². The van der Waals surface area contributed by atoms with E-state index in [0.29, 0.717) is 12.8 Å². The molecule has 138 valence electrons. The highest BCUT2D eigenvalue weighted by atomic mass is 19.4. The Morgan fingerprint density at radius 3 is 2.21 bits per heavy atom. The van der Waals surface area contributed by atoms with Crippen LogP contribution in [0.25, 0.3) is 0 Å². The van der Waals surface area contributed by atoms with Gasteiger partial charge >= 0.3 is 18.3 Å². The molecule has 0 heterocycles. The van der Waals surface area contributed by atoms with Crippen LogP contribution in [-0.4, -0.2) is 34.6 Å². The summed E-state index contributed by atoms with van der Waals surface area (Å²) in [6.07, 6.45) is -11.4. The standard InChI is InChI=1S/C15H18F6O3/c1-3-11(22)24-12(2)6-8-4-9(10(12)5-8)7-13(23,14(16,17)18)15(19,20)21/h3,8-10,23H,1,4-7H2,2H3. The molecule has 0 aliphatic heterocycles. The molecule has 1 N–H and O–H groups in total. The molecule has 0 radical (unpaired) electrons. The Bertz CT molecular complexity index is 512. The predicted octanol–water partition coefficient (Wildman–Crippen LogP) is 3.77. The first-order valence-electron chi connectivity index (χ1n) is 7.45. The molecular weight excluding hydrogens is 342 g/mol. The Morgan fingerprint density at radius 1 is 1.25 bits per heavy atom. The molecule has 2 bridgehead atoms. The molecule has 2 aliphatic carbocycles. The lowest BCUT2D eigenvalue weighted by atomic mass is 9.73. The average molecular weight is 360 g/mol. The van der Waals surface area contributed by atoms with E-state index in [1.54, 1.807) is 0 Å². The highest BCUT2D eigenvalue weighted by Gasteiger charge is 2.72. The second-order valence-electron chi connectivity index (χ2n) is 6.91.